The predicted octanol–water partition coefficient (Wildman–Crippen LogP) is 3.53. The SMILES string of the molecule is CN1CC2CC(n3c(=O)c(C(=O)O)nc4ccccc43)CC(C1)N2C1CCCCCCC1. The van der Waals surface area contributed by atoms with E-state index in [1.807, 2.05) is 18.2 Å². The minimum absolute atomic E-state index is 0.00186. The Morgan fingerprint density at radius 1 is 0.938 bits per heavy atom. The summed E-state index contributed by atoms with van der Waals surface area (Å²) in [6.45, 7) is 2.01. The number of hydrogen-bond acceptors (Lipinski definition) is 5. The molecule has 32 heavy (non-hydrogen) atoms. The number of nitrogens with zero attached hydrogens (tertiary/aromatic N) is 4. The number of likely N-dealkylation sites (N-methyl/N-ethyl adjacent to an activating group) is 1. The lowest BCUT2D eigenvalue weighted by Crippen LogP contribution is -2.64. The van der Waals surface area contributed by atoms with E-state index < -0.39 is 11.5 Å². The van der Waals surface area contributed by atoms with Crippen LogP contribution in [0.4, 0.5) is 0 Å². The highest BCUT2D eigenvalue weighted by Crippen LogP contribution is 2.39. The first-order valence-corrected chi connectivity index (χ1v) is 12.2. The normalized spacial score (nSPS) is 28.3. The number of piperazine rings is 1. The minimum Gasteiger partial charge on any atom is -0.476 e. The van der Waals surface area contributed by atoms with Crippen LogP contribution in [-0.4, -0.2) is 68.7 Å². The highest BCUT2D eigenvalue weighted by Gasteiger charge is 2.44. The standard InChI is InChI=1S/C25H34N4O3/c1-27-15-19-13-18(14-20(16-27)28(19)17-9-5-3-2-4-6-10-17)29-22-12-8-7-11-21(22)26-23(24(29)30)25(31)32/h7-8,11-12,17-20H,2-6,9-10,13-16H2,1H3,(H,31,32). The lowest BCUT2D eigenvalue weighted by atomic mass is 9.83. The van der Waals surface area contributed by atoms with Crippen LogP contribution in [0, 0.1) is 0 Å². The van der Waals surface area contributed by atoms with E-state index in [-0.39, 0.29) is 11.7 Å². The number of aromatic carboxylic acids is 1. The molecule has 2 saturated heterocycles. The Hall–Kier alpha value is -2.25. The Balaban J connectivity index is 1.51. The number of carboxylic acids is 1. The van der Waals surface area contributed by atoms with Crippen LogP contribution in [0.25, 0.3) is 11.0 Å². The summed E-state index contributed by atoms with van der Waals surface area (Å²) in [5, 5.41) is 9.62. The molecule has 2 unspecified atom stereocenters. The second-order valence-electron chi connectivity index (χ2n) is 10.0. The molecule has 0 amide bonds. The van der Waals surface area contributed by atoms with Crippen molar-refractivity contribution >= 4 is 17.0 Å². The molecular formula is C25H34N4O3. The van der Waals surface area contributed by atoms with E-state index in [1.54, 1.807) is 10.6 Å². The Labute approximate surface area is 189 Å². The number of carbonyl (C=O) groups is 1. The van der Waals surface area contributed by atoms with Crippen molar-refractivity contribution in [2.24, 2.45) is 0 Å². The second kappa shape index (κ2) is 8.94. The number of hydrogen-bond donors (Lipinski definition) is 1. The number of aromatic nitrogens is 2. The van der Waals surface area contributed by atoms with Gasteiger partial charge in [-0.15, -0.1) is 0 Å². The zero-order valence-electron chi connectivity index (χ0n) is 18.9. The molecule has 1 aromatic carbocycles. The number of benzene rings is 1. The molecular weight excluding hydrogens is 404 g/mol. The van der Waals surface area contributed by atoms with Crippen LogP contribution < -0.4 is 5.56 Å². The van der Waals surface area contributed by atoms with Gasteiger partial charge in [0, 0.05) is 37.3 Å². The van der Waals surface area contributed by atoms with Crippen molar-refractivity contribution in [3.05, 3.63) is 40.3 Å². The van der Waals surface area contributed by atoms with Gasteiger partial charge in [-0.25, -0.2) is 9.78 Å². The summed E-state index contributed by atoms with van der Waals surface area (Å²) in [7, 11) is 2.20. The maximum absolute atomic E-state index is 13.3. The van der Waals surface area contributed by atoms with E-state index in [4.69, 9.17) is 0 Å². The lowest BCUT2D eigenvalue weighted by molar-refractivity contribution is -0.0512. The average molecular weight is 439 g/mol. The number of likely N-dealkylation sites (tertiary alicyclic amines) is 1. The number of para-hydroxylation sites is 2. The predicted molar refractivity (Wildman–Crippen MR) is 124 cm³/mol. The van der Waals surface area contributed by atoms with Gasteiger partial charge in [0.05, 0.1) is 11.0 Å². The van der Waals surface area contributed by atoms with Gasteiger partial charge in [-0.2, -0.15) is 0 Å². The van der Waals surface area contributed by atoms with Crippen LogP contribution >= 0.6 is 0 Å². The van der Waals surface area contributed by atoms with Crippen LogP contribution in [0.15, 0.2) is 29.1 Å². The monoisotopic (exact) mass is 438 g/mol. The third-order valence-corrected chi connectivity index (χ3v) is 7.84. The molecule has 7 nitrogen and oxygen atoms in total. The largest absolute Gasteiger partial charge is 0.476 e. The lowest BCUT2D eigenvalue weighted by Gasteiger charge is -2.55. The number of piperidine rings is 1. The molecule has 2 aliphatic heterocycles. The fourth-order valence-corrected chi connectivity index (χ4v) is 6.59. The molecule has 7 heteroatoms. The molecule has 0 radical (unpaired) electrons. The summed E-state index contributed by atoms with van der Waals surface area (Å²) < 4.78 is 1.76. The first-order chi connectivity index (χ1) is 15.5. The molecule has 1 aliphatic carbocycles. The molecule has 2 aromatic rings. The van der Waals surface area contributed by atoms with E-state index in [1.165, 1.54) is 44.9 Å². The fraction of sp³-hybridized carbons (Fsp3) is 0.640. The number of rotatable bonds is 3. The second-order valence-corrected chi connectivity index (χ2v) is 10.0. The zero-order valence-corrected chi connectivity index (χ0v) is 18.9. The van der Waals surface area contributed by atoms with Crippen molar-refractivity contribution in [3.63, 3.8) is 0 Å². The first-order valence-electron chi connectivity index (χ1n) is 12.2. The van der Waals surface area contributed by atoms with Crippen LogP contribution in [-0.2, 0) is 0 Å². The summed E-state index contributed by atoms with van der Waals surface area (Å²) in [4.78, 5) is 34.4. The highest BCUT2D eigenvalue weighted by molar-refractivity contribution is 5.88. The molecule has 3 heterocycles. The van der Waals surface area contributed by atoms with Crippen LogP contribution in [0.2, 0.25) is 0 Å². The fourth-order valence-electron chi connectivity index (χ4n) is 6.59. The quantitative estimate of drug-likeness (QED) is 0.790. The van der Waals surface area contributed by atoms with E-state index >= 15 is 0 Å². The molecule has 0 spiro atoms. The van der Waals surface area contributed by atoms with Gasteiger partial charge < -0.3 is 14.6 Å². The van der Waals surface area contributed by atoms with Gasteiger partial charge >= 0.3 is 5.97 Å². The Morgan fingerprint density at radius 2 is 1.56 bits per heavy atom. The third-order valence-electron chi connectivity index (χ3n) is 7.84. The Morgan fingerprint density at radius 3 is 2.22 bits per heavy atom. The van der Waals surface area contributed by atoms with Crippen molar-refractivity contribution in [3.8, 4) is 0 Å². The summed E-state index contributed by atoms with van der Waals surface area (Å²) in [6.07, 6.45) is 11.0. The maximum Gasteiger partial charge on any atom is 0.360 e. The van der Waals surface area contributed by atoms with Gasteiger partial charge in [-0.05, 0) is 44.9 Å². The third kappa shape index (κ3) is 3.97. The van der Waals surface area contributed by atoms with Gasteiger partial charge in [-0.3, -0.25) is 9.69 Å². The molecule has 172 valence electrons. The molecule has 2 atom stereocenters. The van der Waals surface area contributed by atoms with Gasteiger partial charge in [0.2, 0.25) is 5.69 Å². The Bertz CT molecular complexity index is 1030. The molecule has 1 saturated carbocycles. The van der Waals surface area contributed by atoms with Crippen LogP contribution in [0.5, 0.6) is 0 Å². The van der Waals surface area contributed by atoms with Crippen molar-refractivity contribution in [1.82, 2.24) is 19.4 Å². The van der Waals surface area contributed by atoms with Gasteiger partial charge in [0.25, 0.3) is 5.56 Å². The van der Waals surface area contributed by atoms with Crippen molar-refractivity contribution < 1.29 is 9.90 Å². The van der Waals surface area contributed by atoms with E-state index in [2.05, 4.69) is 21.8 Å². The van der Waals surface area contributed by atoms with E-state index in [0.717, 1.165) is 31.4 Å². The van der Waals surface area contributed by atoms with Crippen molar-refractivity contribution in [1.29, 1.82) is 0 Å². The highest BCUT2D eigenvalue weighted by atomic mass is 16.4. The summed E-state index contributed by atoms with van der Waals surface area (Å²) in [6, 6.07) is 8.88. The molecule has 1 N–H and O–H groups in total. The molecule has 1 aromatic heterocycles. The number of carboxylic acid groups (broad SMARTS) is 1. The van der Waals surface area contributed by atoms with Crippen molar-refractivity contribution in [2.75, 3.05) is 20.1 Å². The maximum atomic E-state index is 13.3. The molecule has 3 aliphatic rings. The van der Waals surface area contributed by atoms with E-state index in [0.29, 0.717) is 23.6 Å². The first kappa shape index (κ1) is 21.6. The minimum atomic E-state index is -1.25. The average Bonchev–Trinajstić information content (AvgIpc) is 2.72. The zero-order chi connectivity index (χ0) is 22.2. The van der Waals surface area contributed by atoms with Crippen LogP contribution in [0.1, 0.15) is 74.3 Å². The van der Waals surface area contributed by atoms with Crippen molar-refractivity contribution in [2.45, 2.75) is 82.0 Å². The number of fused-ring (bicyclic) bond motifs is 3. The topological polar surface area (TPSA) is 78.7 Å². The summed E-state index contributed by atoms with van der Waals surface area (Å²) in [5.41, 5.74) is 0.494. The molecule has 3 fully saturated rings. The van der Waals surface area contributed by atoms with E-state index in [9.17, 15) is 14.7 Å². The van der Waals surface area contributed by atoms with Crippen LogP contribution in [0.3, 0.4) is 0 Å². The summed E-state index contributed by atoms with van der Waals surface area (Å²) in [5.74, 6) is -1.25. The summed E-state index contributed by atoms with van der Waals surface area (Å²) >= 11 is 0. The van der Waals surface area contributed by atoms with Gasteiger partial charge in [0.1, 0.15) is 0 Å². The molecule has 2 bridgehead atoms. The van der Waals surface area contributed by atoms with Gasteiger partial charge in [0.15, 0.2) is 0 Å². The smallest absolute Gasteiger partial charge is 0.360 e. The molecule has 5 rings (SSSR count). The van der Waals surface area contributed by atoms with Gasteiger partial charge in [-0.1, -0.05) is 44.2 Å². The Kier molecular flexibility index (Phi) is 6.03.